The Morgan fingerprint density at radius 1 is 1.35 bits per heavy atom. The Morgan fingerprint density at radius 3 is 2.55 bits per heavy atom. The van der Waals surface area contributed by atoms with Crippen LogP contribution in [-0.4, -0.2) is 32.0 Å². The summed E-state index contributed by atoms with van der Waals surface area (Å²) in [5, 5.41) is 13.9. The molecule has 4 nitrogen and oxygen atoms in total. The Kier molecular flexibility index (Phi) is 5.05. The van der Waals surface area contributed by atoms with Gasteiger partial charge in [0.1, 0.15) is 0 Å². The quantitative estimate of drug-likeness (QED) is 0.292. The molecule has 1 aliphatic carbocycles. The number of nitrogens with zero attached hydrogens (tertiary/aromatic N) is 1. The molecule has 20 heavy (non-hydrogen) atoms. The summed E-state index contributed by atoms with van der Waals surface area (Å²) in [6.45, 7) is 0. The molecule has 2 aliphatic rings. The van der Waals surface area contributed by atoms with Gasteiger partial charge in [0.15, 0.2) is 0 Å². The van der Waals surface area contributed by atoms with E-state index in [0.717, 1.165) is 25.0 Å². The van der Waals surface area contributed by atoms with Gasteiger partial charge in [-0.25, -0.2) is 0 Å². The third-order valence-corrected chi connectivity index (χ3v) is 6.11. The third-order valence-electron chi connectivity index (χ3n) is 3.34. The van der Waals surface area contributed by atoms with Gasteiger partial charge >= 0.3 is 125 Å². The number of allylic oxidation sites excluding steroid dienone is 1. The van der Waals surface area contributed by atoms with Crippen LogP contribution >= 0.6 is 0 Å². The normalized spacial score (nSPS) is 25.4. The number of alkyl halides is 5. The fourth-order valence-electron chi connectivity index (χ4n) is 2.36. The molecule has 0 saturated carbocycles. The van der Waals surface area contributed by atoms with Crippen molar-refractivity contribution in [3.8, 4) is 0 Å². The molecule has 1 unspecified atom stereocenters. The Balaban J connectivity index is 2.10. The monoisotopic (exact) mass is 403 g/mol. The van der Waals surface area contributed by atoms with Gasteiger partial charge in [0, 0.05) is 0 Å². The minimum atomic E-state index is -4.68. The summed E-state index contributed by atoms with van der Waals surface area (Å²) in [7, 11) is 0. The van der Waals surface area contributed by atoms with Gasteiger partial charge in [-0.2, -0.15) is 0 Å². The van der Waals surface area contributed by atoms with E-state index >= 15 is 0 Å². The molecule has 0 spiro atoms. The van der Waals surface area contributed by atoms with E-state index in [1.54, 1.807) is 0 Å². The number of hydrogen-bond donors (Lipinski definition) is 1. The fraction of sp³-hybridized carbons (Fsp3) is 0.667. The van der Waals surface area contributed by atoms with Crippen molar-refractivity contribution in [1.29, 1.82) is 0 Å². The van der Waals surface area contributed by atoms with Crippen LogP contribution in [0.5, 0.6) is 0 Å². The number of rotatable bonds is 3. The van der Waals surface area contributed by atoms with Crippen molar-refractivity contribution >= 4 is 0 Å². The Hall–Kier alpha value is -0.640. The summed E-state index contributed by atoms with van der Waals surface area (Å²) in [6.07, 6.45) is -0.383. The molecular formula is C12H15F3IN2O2-. The van der Waals surface area contributed by atoms with Crippen molar-refractivity contribution in [3.05, 3.63) is 33.5 Å². The van der Waals surface area contributed by atoms with Crippen LogP contribution in [0.15, 0.2) is 23.4 Å². The van der Waals surface area contributed by atoms with E-state index in [4.69, 9.17) is 0 Å². The Labute approximate surface area is 124 Å². The van der Waals surface area contributed by atoms with Gasteiger partial charge < -0.3 is 0 Å². The molecule has 0 amide bonds. The SMILES string of the molecule is O=[N+]([O-])C1=CCC(NC2CC[I-]CC2)C=C1C(F)(F)F. The molecule has 1 atom stereocenters. The summed E-state index contributed by atoms with van der Waals surface area (Å²) in [6, 6.07) is -0.221. The van der Waals surface area contributed by atoms with Gasteiger partial charge in [-0.1, -0.05) is 0 Å². The molecule has 2 rings (SSSR count). The van der Waals surface area contributed by atoms with Gasteiger partial charge in [0.05, 0.1) is 0 Å². The number of nitro groups is 1. The number of halogens is 4. The van der Waals surface area contributed by atoms with Crippen molar-refractivity contribution in [3.63, 3.8) is 0 Å². The van der Waals surface area contributed by atoms with Gasteiger partial charge in [-0.15, -0.1) is 0 Å². The van der Waals surface area contributed by atoms with Gasteiger partial charge in [-0.05, 0) is 0 Å². The van der Waals surface area contributed by atoms with Gasteiger partial charge in [0.25, 0.3) is 0 Å². The first-order valence-electron chi connectivity index (χ1n) is 6.31. The molecule has 0 bridgehead atoms. The van der Waals surface area contributed by atoms with Crippen LogP contribution in [0.4, 0.5) is 13.2 Å². The topological polar surface area (TPSA) is 55.2 Å². The predicted octanol–water partition coefficient (Wildman–Crippen LogP) is -0.751. The van der Waals surface area contributed by atoms with E-state index < -0.39 is 28.4 Å². The summed E-state index contributed by atoms with van der Waals surface area (Å²) < 4.78 is 41.0. The molecule has 0 aromatic heterocycles. The van der Waals surface area contributed by atoms with E-state index in [2.05, 4.69) is 5.32 Å². The Bertz CT molecular complexity index is 442. The van der Waals surface area contributed by atoms with Crippen molar-refractivity contribution in [2.24, 2.45) is 0 Å². The second-order valence-electron chi connectivity index (χ2n) is 4.77. The molecule has 1 N–H and O–H groups in total. The second kappa shape index (κ2) is 6.42. The second-order valence-corrected chi connectivity index (χ2v) is 8.01. The van der Waals surface area contributed by atoms with Crippen LogP contribution in [-0.2, 0) is 0 Å². The average Bonchev–Trinajstić information content (AvgIpc) is 2.38. The summed E-state index contributed by atoms with van der Waals surface area (Å²) >= 11 is 0.282. The van der Waals surface area contributed by atoms with Crippen LogP contribution in [0.1, 0.15) is 19.3 Å². The molecule has 1 heterocycles. The number of nitrogens with one attached hydrogen (secondary N) is 1. The van der Waals surface area contributed by atoms with E-state index in [1.165, 1.54) is 8.86 Å². The first-order valence-corrected chi connectivity index (χ1v) is 9.36. The zero-order chi connectivity index (χ0) is 14.8. The molecule has 0 aromatic rings. The zero-order valence-electron chi connectivity index (χ0n) is 10.6. The van der Waals surface area contributed by atoms with Crippen molar-refractivity contribution < 1.29 is 39.3 Å². The van der Waals surface area contributed by atoms with Gasteiger partial charge in [-0.3, -0.25) is 0 Å². The van der Waals surface area contributed by atoms with Crippen molar-refractivity contribution in [2.45, 2.75) is 37.5 Å². The average molecular weight is 403 g/mol. The first-order chi connectivity index (χ1) is 9.38. The maximum absolute atomic E-state index is 12.9. The standard InChI is InChI=1S/C12H15F3IN2O2/c13-12(14,15)10-7-9(1-2-11(10)18(19)20)17-8-3-5-16-6-4-8/h2,7-9,17H,1,3-6H2/q-1. The van der Waals surface area contributed by atoms with Crippen LogP contribution in [0.25, 0.3) is 0 Å². The zero-order valence-corrected chi connectivity index (χ0v) is 12.8. The van der Waals surface area contributed by atoms with E-state index in [9.17, 15) is 23.3 Å². The minimum absolute atomic E-state index is 0.238. The van der Waals surface area contributed by atoms with Gasteiger partial charge in [0.2, 0.25) is 0 Å². The van der Waals surface area contributed by atoms with E-state index in [-0.39, 0.29) is 33.7 Å². The molecule has 1 aliphatic heterocycles. The van der Waals surface area contributed by atoms with Crippen molar-refractivity contribution in [2.75, 3.05) is 8.86 Å². The fourth-order valence-corrected chi connectivity index (χ4v) is 5.28. The molecule has 8 heteroatoms. The molecule has 1 fully saturated rings. The molecular weight excluding hydrogens is 388 g/mol. The summed E-state index contributed by atoms with van der Waals surface area (Å²) in [5.41, 5.74) is -1.96. The maximum atomic E-state index is 12.9. The van der Waals surface area contributed by atoms with E-state index in [0.29, 0.717) is 0 Å². The van der Waals surface area contributed by atoms with Crippen LogP contribution < -0.4 is 26.5 Å². The number of hydrogen-bond acceptors (Lipinski definition) is 3. The predicted molar refractivity (Wildman–Crippen MR) is 63.5 cm³/mol. The molecule has 114 valence electrons. The van der Waals surface area contributed by atoms with Crippen LogP contribution in [0.2, 0.25) is 0 Å². The Morgan fingerprint density at radius 2 is 2.00 bits per heavy atom. The summed E-state index contributed by atoms with van der Waals surface area (Å²) in [5.74, 6) is 0. The molecule has 0 radical (unpaired) electrons. The molecule has 1 saturated heterocycles. The van der Waals surface area contributed by atoms with Crippen molar-refractivity contribution in [1.82, 2.24) is 5.32 Å². The summed E-state index contributed by atoms with van der Waals surface area (Å²) in [4.78, 5) is 9.73. The van der Waals surface area contributed by atoms with E-state index in [1.807, 2.05) is 0 Å². The third kappa shape index (κ3) is 3.94. The first kappa shape index (κ1) is 15.7. The van der Waals surface area contributed by atoms with Crippen LogP contribution in [0, 0.1) is 10.1 Å². The van der Waals surface area contributed by atoms with Crippen LogP contribution in [0.3, 0.4) is 0 Å². The molecule has 0 aromatic carbocycles.